The van der Waals surface area contributed by atoms with Gasteiger partial charge in [0.05, 0.1) is 5.56 Å². The predicted octanol–water partition coefficient (Wildman–Crippen LogP) is 2.85. The third kappa shape index (κ3) is 1.46. The number of pyridine rings is 1. The number of H-pyrrole nitrogens is 1. The molecule has 0 saturated heterocycles. The molecule has 4 nitrogen and oxygen atoms in total. The van der Waals surface area contributed by atoms with Crippen LogP contribution in [0.15, 0.2) is 41.3 Å². The van der Waals surface area contributed by atoms with Gasteiger partial charge in [-0.15, -0.1) is 0 Å². The zero-order valence-corrected chi connectivity index (χ0v) is 10.4. The summed E-state index contributed by atoms with van der Waals surface area (Å²) in [5.41, 5.74) is 3.45. The Morgan fingerprint density at radius 1 is 1.26 bits per heavy atom. The van der Waals surface area contributed by atoms with Gasteiger partial charge in [-0.1, -0.05) is 24.3 Å². The summed E-state index contributed by atoms with van der Waals surface area (Å²) in [4.78, 5) is 15.6. The normalized spacial score (nSPS) is 15.3. The van der Waals surface area contributed by atoms with E-state index in [0.717, 1.165) is 41.6 Å². The summed E-state index contributed by atoms with van der Waals surface area (Å²) in [6, 6.07) is 7.92. The lowest BCUT2D eigenvalue weighted by molar-refractivity contribution is 0.828. The van der Waals surface area contributed by atoms with Crippen LogP contribution in [0.25, 0.3) is 27.9 Å². The number of benzene rings is 1. The van der Waals surface area contributed by atoms with Crippen molar-refractivity contribution >= 4 is 16.6 Å². The molecule has 2 heterocycles. The fourth-order valence-electron chi connectivity index (χ4n) is 2.75. The van der Waals surface area contributed by atoms with Crippen molar-refractivity contribution in [3.63, 3.8) is 0 Å². The van der Waals surface area contributed by atoms with Crippen molar-refractivity contribution in [2.24, 2.45) is 0 Å². The first kappa shape index (κ1) is 10.6. The molecule has 0 amide bonds. The smallest absolute Gasteiger partial charge is 0.282 e. The van der Waals surface area contributed by atoms with E-state index in [4.69, 9.17) is 0 Å². The second-order valence-electron chi connectivity index (χ2n) is 4.90. The van der Waals surface area contributed by atoms with E-state index in [1.54, 1.807) is 10.9 Å². The number of rotatable bonds is 1. The summed E-state index contributed by atoms with van der Waals surface area (Å²) in [5.74, 6) is 0. The van der Waals surface area contributed by atoms with Crippen LogP contribution in [-0.2, 0) is 0 Å². The molecule has 0 unspecified atom stereocenters. The van der Waals surface area contributed by atoms with Gasteiger partial charge in [0.1, 0.15) is 5.69 Å². The number of aromatic amines is 1. The molecular formula is C15H13N3O. The molecule has 0 spiro atoms. The quantitative estimate of drug-likeness (QED) is 0.723. The molecule has 19 heavy (non-hydrogen) atoms. The van der Waals surface area contributed by atoms with Crippen LogP contribution in [0, 0.1) is 0 Å². The maximum absolute atomic E-state index is 12.4. The molecule has 1 aliphatic carbocycles. The minimum atomic E-state index is -0.0230. The number of nitrogens with one attached hydrogen (secondary N) is 1. The van der Waals surface area contributed by atoms with Gasteiger partial charge in [-0.2, -0.15) is 5.10 Å². The van der Waals surface area contributed by atoms with Gasteiger partial charge in [0.15, 0.2) is 0 Å². The second-order valence-corrected chi connectivity index (χ2v) is 4.90. The molecule has 0 radical (unpaired) electrons. The van der Waals surface area contributed by atoms with Gasteiger partial charge in [-0.25, -0.2) is 4.68 Å². The van der Waals surface area contributed by atoms with Crippen molar-refractivity contribution < 1.29 is 0 Å². The van der Waals surface area contributed by atoms with E-state index in [0.29, 0.717) is 5.56 Å². The molecule has 0 atom stereocenters. The van der Waals surface area contributed by atoms with Crippen LogP contribution in [0.4, 0.5) is 0 Å². The van der Waals surface area contributed by atoms with E-state index in [1.807, 2.05) is 24.3 Å². The highest BCUT2D eigenvalue weighted by molar-refractivity contribution is 5.93. The van der Waals surface area contributed by atoms with Crippen LogP contribution in [-0.4, -0.2) is 14.8 Å². The number of hydrogen-bond acceptors (Lipinski definition) is 2. The van der Waals surface area contributed by atoms with Crippen molar-refractivity contribution in [1.29, 1.82) is 0 Å². The van der Waals surface area contributed by atoms with E-state index in [-0.39, 0.29) is 5.56 Å². The van der Waals surface area contributed by atoms with Gasteiger partial charge in [-0.05, 0) is 25.3 Å². The molecule has 1 aromatic rings. The number of nitrogens with zero attached hydrogens (tertiary/aromatic N) is 2. The summed E-state index contributed by atoms with van der Waals surface area (Å²) in [6.07, 6.45) is 6.96. The molecule has 0 aromatic heterocycles. The van der Waals surface area contributed by atoms with Crippen LogP contribution in [0.3, 0.4) is 0 Å². The Morgan fingerprint density at radius 2 is 2.16 bits per heavy atom. The third-order valence-corrected chi connectivity index (χ3v) is 3.72. The molecule has 4 heteroatoms. The molecule has 1 aromatic carbocycles. The fourth-order valence-corrected chi connectivity index (χ4v) is 2.75. The average Bonchev–Trinajstić information content (AvgIpc) is 3.07. The zero-order valence-electron chi connectivity index (χ0n) is 10.4. The van der Waals surface area contributed by atoms with Crippen molar-refractivity contribution in [2.75, 3.05) is 0 Å². The number of aromatic nitrogens is 3. The molecule has 94 valence electrons. The van der Waals surface area contributed by atoms with Crippen LogP contribution >= 0.6 is 0 Å². The molecule has 2 aliphatic heterocycles. The summed E-state index contributed by atoms with van der Waals surface area (Å²) < 4.78 is 1.57. The maximum Gasteiger partial charge on any atom is 0.282 e. The largest absolute Gasteiger partial charge is 0.360 e. The fraction of sp³-hybridized carbons (Fsp3) is 0.200. The van der Waals surface area contributed by atoms with E-state index in [2.05, 4.69) is 16.2 Å². The standard InChI is InChI=1S/C15H13N3O/c19-15-12-9-16-13-8-4-3-7-11(13)14(12)17-18(15)10-5-1-2-6-10/h3-5,7-9,16H,1-2,6H2. The van der Waals surface area contributed by atoms with Crippen molar-refractivity contribution in [3.05, 3.63) is 46.9 Å². The number of fused-ring (bicyclic) bond motifs is 3. The van der Waals surface area contributed by atoms with Crippen LogP contribution in [0.5, 0.6) is 0 Å². The topological polar surface area (TPSA) is 50.7 Å². The van der Waals surface area contributed by atoms with Gasteiger partial charge >= 0.3 is 0 Å². The lowest BCUT2D eigenvalue weighted by Crippen LogP contribution is -2.14. The van der Waals surface area contributed by atoms with Gasteiger partial charge in [-0.3, -0.25) is 4.79 Å². The first-order valence-corrected chi connectivity index (χ1v) is 6.53. The van der Waals surface area contributed by atoms with E-state index >= 15 is 0 Å². The zero-order chi connectivity index (χ0) is 12.8. The van der Waals surface area contributed by atoms with Crippen LogP contribution < -0.4 is 5.56 Å². The average molecular weight is 251 g/mol. The summed E-state index contributed by atoms with van der Waals surface area (Å²) in [5, 5.41) is 5.53. The Morgan fingerprint density at radius 3 is 3.00 bits per heavy atom. The van der Waals surface area contributed by atoms with E-state index < -0.39 is 0 Å². The molecule has 0 fully saturated rings. The van der Waals surface area contributed by atoms with Gasteiger partial charge in [0, 0.05) is 22.8 Å². The molecule has 0 saturated carbocycles. The number of allylic oxidation sites excluding steroid dienone is 2. The van der Waals surface area contributed by atoms with Crippen molar-refractivity contribution in [1.82, 2.24) is 14.8 Å². The van der Waals surface area contributed by atoms with Crippen LogP contribution in [0.2, 0.25) is 0 Å². The first-order chi connectivity index (χ1) is 9.34. The van der Waals surface area contributed by atoms with E-state index in [9.17, 15) is 4.79 Å². The number of hydrogen-bond donors (Lipinski definition) is 1. The lowest BCUT2D eigenvalue weighted by atomic mass is 10.1. The third-order valence-electron chi connectivity index (χ3n) is 3.72. The Hall–Kier alpha value is -2.36. The summed E-state index contributed by atoms with van der Waals surface area (Å²) in [7, 11) is 0. The highest BCUT2D eigenvalue weighted by Gasteiger charge is 2.20. The lowest BCUT2D eigenvalue weighted by Gasteiger charge is -2.01. The molecule has 0 bridgehead atoms. The van der Waals surface area contributed by atoms with Crippen molar-refractivity contribution in [2.45, 2.75) is 19.3 Å². The summed E-state index contributed by atoms with van der Waals surface area (Å²) in [6.45, 7) is 0. The SMILES string of the molecule is O=c1c2c[nH]c3ccccc3c-2nn1C1=CCCC1. The molecule has 3 aliphatic rings. The van der Waals surface area contributed by atoms with Gasteiger partial charge in [0.2, 0.25) is 0 Å². The number of para-hydroxylation sites is 1. The highest BCUT2D eigenvalue weighted by Crippen LogP contribution is 2.27. The van der Waals surface area contributed by atoms with Gasteiger partial charge in [0.25, 0.3) is 5.56 Å². The Kier molecular flexibility index (Phi) is 2.12. The Balaban J connectivity index is 2.07. The maximum atomic E-state index is 12.4. The van der Waals surface area contributed by atoms with Crippen LogP contribution in [0.1, 0.15) is 19.3 Å². The highest BCUT2D eigenvalue weighted by atomic mass is 16.1. The molecular weight excluding hydrogens is 238 g/mol. The molecule has 4 rings (SSSR count). The Labute approximate surface area is 109 Å². The Bertz CT molecular complexity index is 825. The molecule has 1 N–H and O–H groups in total. The summed E-state index contributed by atoms with van der Waals surface area (Å²) >= 11 is 0. The first-order valence-electron chi connectivity index (χ1n) is 6.53. The van der Waals surface area contributed by atoms with E-state index in [1.165, 1.54) is 0 Å². The predicted molar refractivity (Wildman–Crippen MR) is 75.1 cm³/mol. The second kappa shape index (κ2) is 3.82. The minimum absolute atomic E-state index is 0.0230. The minimum Gasteiger partial charge on any atom is -0.360 e. The van der Waals surface area contributed by atoms with Gasteiger partial charge < -0.3 is 4.98 Å². The van der Waals surface area contributed by atoms with Crippen molar-refractivity contribution in [3.8, 4) is 11.3 Å². The monoisotopic (exact) mass is 251 g/mol.